The van der Waals surface area contributed by atoms with Crippen molar-refractivity contribution in [3.8, 4) is 17.0 Å². The van der Waals surface area contributed by atoms with E-state index < -0.39 is 11.6 Å². The fraction of sp³-hybridized carbons (Fsp3) is 0.318. The lowest BCUT2D eigenvalue weighted by molar-refractivity contribution is 0.407. The monoisotopic (exact) mass is 440 g/mol. The van der Waals surface area contributed by atoms with Gasteiger partial charge in [-0.05, 0) is 32.0 Å². The van der Waals surface area contributed by atoms with E-state index >= 15 is 0 Å². The summed E-state index contributed by atoms with van der Waals surface area (Å²) in [5.74, 6) is -1.29. The number of nitrogens with one attached hydrogen (secondary N) is 1. The lowest BCUT2D eigenvalue weighted by Crippen LogP contribution is -2.54. The van der Waals surface area contributed by atoms with Crippen LogP contribution in [0.15, 0.2) is 30.6 Å². The molecule has 0 amide bonds. The number of phenols is 1. The van der Waals surface area contributed by atoms with Crippen LogP contribution < -0.4 is 10.2 Å². The molecule has 4 aromatic rings. The van der Waals surface area contributed by atoms with E-state index in [9.17, 15) is 9.50 Å². The Morgan fingerprint density at radius 3 is 2.68 bits per heavy atom. The van der Waals surface area contributed by atoms with Crippen molar-refractivity contribution in [3.05, 3.63) is 41.4 Å². The number of aromatic nitrogens is 4. The molecule has 1 aromatic carbocycles. The molecule has 5 rings (SSSR count). The predicted octanol–water partition coefficient (Wildman–Crippen LogP) is 3.87. The zero-order chi connectivity index (χ0) is 21.9. The number of anilines is 1. The molecule has 1 saturated heterocycles. The number of pyridine rings is 2. The normalized spacial score (nSPS) is 19.5. The van der Waals surface area contributed by atoms with Crippen molar-refractivity contribution in [1.82, 2.24) is 25.1 Å². The first-order chi connectivity index (χ1) is 14.8. The number of piperazine rings is 1. The summed E-state index contributed by atoms with van der Waals surface area (Å²) in [6.45, 7) is 6.06. The molecular formula is C22H22ClFN6O. The Hall–Kier alpha value is -2.97. The summed E-state index contributed by atoms with van der Waals surface area (Å²) in [6.07, 6.45) is 3.47. The van der Waals surface area contributed by atoms with Gasteiger partial charge < -0.3 is 15.3 Å². The van der Waals surface area contributed by atoms with Crippen LogP contribution in [0.5, 0.6) is 5.75 Å². The molecule has 4 heterocycles. The molecule has 2 N–H and O–H groups in total. The number of aryl methyl sites for hydroxylation is 1. The van der Waals surface area contributed by atoms with Gasteiger partial charge in [0.25, 0.3) is 0 Å². The van der Waals surface area contributed by atoms with E-state index in [1.807, 2.05) is 6.07 Å². The van der Waals surface area contributed by atoms with Gasteiger partial charge in [-0.25, -0.2) is 14.4 Å². The molecule has 1 fully saturated rings. The number of benzene rings is 1. The van der Waals surface area contributed by atoms with Crippen LogP contribution in [0.3, 0.4) is 0 Å². The number of fused-ring (bicyclic) bond motifs is 2. The third kappa shape index (κ3) is 3.45. The fourth-order valence-corrected chi connectivity index (χ4v) is 4.58. The van der Waals surface area contributed by atoms with Crippen molar-refractivity contribution in [3.63, 3.8) is 0 Å². The molecule has 1 aliphatic rings. The average Bonchev–Trinajstić information content (AvgIpc) is 3.10. The molecule has 0 saturated carbocycles. The van der Waals surface area contributed by atoms with Gasteiger partial charge in [0, 0.05) is 54.8 Å². The Bertz CT molecular complexity index is 1310. The smallest absolute Gasteiger partial charge is 0.193 e. The number of halogens is 2. The Morgan fingerprint density at radius 2 is 1.94 bits per heavy atom. The highest BCUT2D eigenvalue weighted by atomic mass is 35.5. The van der Waals surface area contributed by atoms with E-state index in [1.165, 1.54) is 4.68 Å². The number of phenolic OH excluding ortho intramolecular Hbond substituents is 1. The third-order valence-electron chi connectivity index (χ3n) is 5.63. The molecule has 0 radical (unpaired) electrons. The van der Waals surface area contributed by atoms with Gasteiger partial charge in [0.05, 0.1) is 22.6 Å². The number of rotatable bonds is 2. The molecule has 0 aliphatic carbocycles. The number of hydrogen-bond acceptors (Lipinski definition) is 6. The highest BCUT2D eigenvalue weighted by Gasteiger charge is 2.23. The minimum Gasteiger partial charge on any atom is -0.504 e. The summed E-state index contributed by atoms with van der Waals surface area (Å²) in [5.41, 5.74) is 2.13. The lowest BCUT2D eigenvalue weighted by atomic mass is 10.1. The van der Waals surface area contributed by atoms with E-state index in [1.54, 1.807) is 31.6 Å². The molecule has 160 valence electrons. The molecule has 31 heavy (non-hydrogen) atoms. The van der Waals surface area contributed by atoms with E-state index in [-0.39, 0.29) is 11.1 Å². The first kappa shape index (κ1) is 20.0. The molecule has 0 bridgehead atoms. The maximum atomic E-state index is 14.7. The topological polar surface area (TPSA) is 79.1 Å². The van der Waals surface area contributed by atoms with Crippen LogP contribution in [0.4, 0.5) is 10.1 Å². The van der Waals surface area contributed by atoms with E-state index in [4.69, 9.17) is 11.6 Å². The van der Waals surface area contributed by atoms with E-state index in [2.05, 4.69) is 39.1 Å². The largest absolute Gasteiger partial charge is 0.504 e. The highest BCUT2D eigenvalue weighted by Crippen LogP contribution is 2.38. The molecule has 0 unspecified atom stereocenters. The van der Waals surface area contributed by atoms with Gasteiger partial charge in [-0.1, -0.05) is 11.6 Å². The zero-order valence-corrected chi connectivity index (χ0v) is 18.2. The van der Waals surface area contributed by atoms with E-state index in [0.717, 1.165) is 18.8 Å². The lowest BCUT2D eigenvalue weighted by Gasteiger charge is -2.37. The fourth-order valence-electron chi connectivity index (χ4n) is 4.34. The highest BCUT2D eigenvalue weighted by molar-refractivity contribution is 6.35. The van der Waals surface area contributed by atoms with Gasteiger partial charge in [0.2, 0.25) is 0 Å². The second kappa shape index (κ2) is 7.32. The molecule has 1 aliphatic heterocycles. The Morgan fingerprint density at radius 1 is 1.19 bits per heavy atom. The Kier molecular flexibility index (Phi) is 4.71. The summed E-state index contributed by atoms with van der Waals surface area (Å²) < 4.78 is 16.2. The van der Waals surface area contributed by atoms with Crippen LogP contribution >= 0.6 is 11.6 Å². The second-order valence-corrected chi connectivity index (χ2v) is 8.66. The predicted molar refractivity (Wildman–Crippen MR) is 120 cm³/mol. The van der Waals surface area contributed by atoms with Crippen molar-refractivity contribution in [2.24, 2.45) is 7.05 Å². The van der Waals surface area contributed by atoms with Crippen LogP contribution in [-0.4, -0.2) is 50.0 Å². The molecule has 9 heteroatoms. The van der Waals surface area contributed by atoms with Crippen molar-refractivity contribution < 1.29 is 9.50 Å². The van der Waals surface area contributed by atoms with Crippen molar-refractivity contribution in [2.75, 3.05) is 18.0 Å². The van der Waals surface area contributed by atoms with Crippen LogP contribution in [0.25, 0.3) is 33.2 Å². The van der Waals surface area contributed by atoms with Gasteiger partial charge in [0.1, 0.15) is 5.52 Å². The third-order valence-corrected chi connectivity index (χ3v) is 5.94. The van der Waals surface area contributed by atoms with Gasteiger partial charge in [0.15, 0.2) is 17.2 Å². The van der Waals surface area contributed by atoms with Gasteiger partial charge >= 0.3 is 0 Å². The molecular weight excluding hydrogens is 419 g/mol. The summed E-state index contributed by atoms with van der Waals surface area (Å²) in [7, 11) is 1.70. The van der Waals surface area contributed by atoms with Crippen LogP contribution in [0.1, 0.15) is 13.8 Å². The standard InChI is InChI=1S/C22H22ClFN6O/c1-11-8-30(9-12(2)26-11)14-5-15-17(23)6-18(27-22(15)25-7-14)16-4-13-10-29(3)28-20(13)19(24)21(16)31/h4-7,10-12,26,31H,8-9H2,1-3H3/t11-,12-/m1/s1. The molecule has 3 aromatic heterocycles. The second-order valence-electron chi connectivity index (χ2n) is 8.26. The summed E-state index contributed by atoms with van der Waals surface area (Å²) >= 11 is 6.59. The van der Waals surface area contributed by atoms with Crippen LogP contribution in [0.2, 0.25) is 5.02 Å². The van der Waals surface area contributed by atoms with Crippen molar-refractivity contribution >= 4 is 39.2 Å². The number of hydrogen-bond donors (Lipinski definition) is 2. The van der Waals surface area contributed by atoms with Crippen LogP contribution in [0, 0.1) is 5.82 Å². The molecule has 2 atom stereocenters. The number of nitrogens with zero attached hydrogens (tertiary/aromatic N) is 5. The van der Waals surface area contributed by atoms with Gasteiger partial charge in [-0.3, -0.25) is 4.68 Å². The van der Waals surface area contributed by atoms with Crippen molar-refractivity contribution in [1.29, 1.82) is 0 Å². The minimum atomic E-state index is -0.781. The molecule has 7 nitrogen and oxygen atoms in total. The first-order valence-corrected chi connectivity index (χ1v) is 10.5. The van der Waals surface area contributed by atoms with Crippen LogP contribution in [-0.2, 0) is 7.05 Å². The Labute approximate surface area is 183 Å². The summed E-state index contributed by atoms with van der Waals surface area (Å²) in [6, 6.07) is 6.01. The summed E-state index contributed by atoms with van der Waals surface area (Å²) in [5, 5.41) is 19.7. The maximum absolute atomic E-state index is 14.7. The molecule has 0 spiro atoms. The van der Waals surface area contributed by atoms with Crippen molar-refractivity contribution in [2.45, 2.75) is 25.9 Å². The maximum Gasteiger partial charge on any atom is 0.193 e. The Balaban J connectivity index is 1.59. The zero-order valence-electron chi connectivity index (χ0n) is 17.4. The number of aromatic hydroxyl groups is 1. The first-order valence-electron chi connectivity index (χ1n) is 10.1. The van der Waals surface area contributed by atoms with Gasteiger partial charge in [-0.15, -0.1) is 0 Å². The van der Waals surface area contributed by atoms with Gasteiger partial charge in [-0.2, -0.15) is 5.10 Å². The average molecular weight is 441 g/mol. The quantitative estimate of drug-likeness (QED) is 0.492. The minimum absolute atomic E-state index is 0.109. The SMILES string of the molecule is C[C@@H]1CN(c2cnc3nc(-c4cc5cn(C)nc5c(F)c4O)cc(Cl)c3c2)C[C@@H](C)N1. The summed E-state index contributed by atoms with van der Waals surface area (Å²) in [4.78, 5) is 11.4. The van der Waals surface area contributed by atoms with E-state index in [0.29, 0.717) is 39.2 Å².